The van der Waals surface area contributed by atoms with Crippen molar-refractivity contribution in [1.29, 1.82) is 0 Å². The van der Waals surface area contributed by atoms with E-state index in [-0.39, 0.29) is 5.39 Å². The van der Waals surface area contributed by atoms with Crippen molar-refractivity contribution in [3.8, 4) is 0 Å². The van der Waals surface area contributed by atoms with Gasteiger partial charge in [-0.15, -0.1) is 5.10 Å². The lowest BCUT2D eigenvalue weighted by Gasteiger charge is -2.14. The van der Waals surface area contributed by atoms with Gasteiger partial charge in [0.1, 0.15) is 5.52 Å². The summed E-state index contributed by atoms with van der Waals surface area (Å²) >= 11 is 0. The molecule has 0 aliphatic heterocycles. The van der Waals surface area contributed by atoms with Gasteiger partial charge in [0.05, 0.1) is 11.9 Å². The summed E-state index contributed by atoms with van der Waals surface area (Å²) in [5.41, 5.74) is -0.427. The molecule has 96 valence electrons. The van der Waals surface area contributed by atoms with Gasteiger partial charge in [0.25, 0.3) is 5.56 Å². The van der Waals surface area contributed by atoms with Crippen molar-refractivity contribution in [1.82, 2.24) is 15.0 Å². The highest BCUT2D eigenvalue weighted by Gasteiger charge is 2.38. The Bertz CT molecular complexity index is 624. The van der Waals surface area contributed by atoms with E-state index in [2.05, 4.69) is 10.3 Å². The molecule has 1 heterocycles. The van der Waals surface area contributed by atoms with E-state index in [4.69, 9.17) is 5.11 Å². The average Bonchev–Trinajstić information content (AvgIpc) is 2.32. The fourth-order valence-corrected chi connectivity index (χ4v) is 1.41. The van der Waals surface area contributed by atoms with Crippen molar-refractivity contribution >= 4 is 10.9 Å². The van der Waals surface area contributed by atoms with E-state index in [1.165, 1.54) is 12.1 Å². The third kappa shape index (κ3) is 2.33. The second-order valence-corrected chi connectivity index (χ2v) is 3.65. The minimum atomic E-state index is -4.80. The predicted molar refractivity (Wildman–Crippen MR) is 55.9 cm³/mol. The molecule has 1 aromatic carbocycles. The maximum Gasteiger partial charge on any atom is 0.416 e. The first kappa shape index (κ1) is 12.5. The molecule has 0 saturated carbocycles. The van der Waals surface area contributed by atoms with Crippen molar-refractivity contribution in [2.24, 2.45) is 0 Å². The molecule has 1 unspecified atom stereocenters. The number of hydrogen-bond acceptors (Lipinski definition) is 4. The lowest BCUT2D eigenvalue weighted by Crippen LogP contribution is -2.37. The molecule has 0 aliphatic carbocycles. The summed E-state index contributed by atoms with van der Waals surface area (Å²) in [6, 6.07) is 6.15. The molecule has 2 rings (SSSR count). The molecule has 0 spiro atoms. The van der Waals surface area contributed by atoms with Crippen LogP contribution in [-0.2, 0) is 6.54 Å². The third-order valence-electron chi connectivity index (χ3n) is 2.35. The van der Waals surface area contributed by atoms with Crippen LogP contribution in [0.25, 0.3) is 10.9 Å². The standard InChI is InChI=1S/C10H8F3N3O2/c11-10(12,13)8(17)5-16-9(18)6-3-1-2-4-7(6)14-15-16/h1-4,8,17H,5H2. The molecule has 0 fully saturated rings. The number of rotatable bonds is 2. The second kappa shape index (κ2) is 4.37. The van der Waals surface area contributed by atoms with E-state index in [0.717, 1.165) is 0 Å². The number of benzene rings is 1. The maximum atomic E-state index is 12.2. The third-order valence-corrected chi connectivity index (χ3v) is 2.35. The number of halogens is 3. The smallest absolute Gasteiger partial charge is 0.382 e. The summed E-state index contributed by atoms with van der Waals surface area (Å²) < 4.78 is 37.0. The number of aromatic nitrogens is 3. The van der Waals surface area contributed by atoms with Gasteiger partial charge >= 0.3 is 6.18 Å². The van der Waals surface area contributed by atoms with Crippen LogP contribution < -0.4 is 5.56 Å². The number of alkyl halides is 3. The SMILES string of the molecule is O=c1c2ccccc2nnn1CC(O)C(F)(F)F. The van der Waals surface area contributed by atoms with E-state index >= 15 is 0 Å². The van der Waals surface area contributed by atoms with Crippen LogP contribution in [0.4, 0.5) is 13.2 Å². The van der Waals surface area contributed by atoms with Gasteiger partial charge in [-0.1, -0.05) is 17.3 Å². The van der Waals surface area contributed by atoms with E-state index in [0.29, 0.717) is 10.2 Å². The molecule has 8 heteroatoms. The monoisotopic (exact) mass is 259 g/mol. The van der Waals surface area contributed by atoms with Gasteiger partial charge in [-0.05, 0) is 12.1 Å². The molecule has 18 heavy (non-hydrogen) atoms. The molecular weight excluding hydrogens is 251 g/mol. The average molecular weight is 259 g/mol. The molecular formula is C10H8F3N3O2. The van der Waals surface area contributed by atoms with Gasteiger partial charge in [-0.25, -0.2) is 4.68 Å². The molecule has 2 aromatic rings. The zero-order chi connectivity index (χ0) is 13.3. The molecule has 1 atom stereocenters. The Kier molecular flexibility index (Phi) is 3.04. The first-order valence-electron chi connectivity index (χ1n) is 4.97. The summed E-state index contributed by atoms with van der Waals surface area (Å²) in [4.78, 5) is 11.8. The molecule has 0 amide bonds. The van der Waals surface area contributed by atoms with Crippen LogP contribution in [0.15, 0.2) is 29.1 Å². The molecule has 1 aromatic heterocycles. The van der Waals surface area contributed by atoms with Crippen LogP contribution in [0.3, 0.4) is 0 Å². The van der Waals surface area contributed by atoms with E-state index in [1.807, 2.05) is 0 Å². The highest BCUT2D eigenvalue weighted by Crippen LogP contribution is 2.20. The summed E-state index contributed by atoms with van der Waals surface area (Å²) in [5, 5.41) is 16.0. The zero-order valence-electron chi connectivity index (χ0n) is 8.92. The molecule has 0 radical (unpaired) electrons. The van der Waals surface area contributed by atoms with Crippen LogP contribution in [0.5, 0.6) is 0 Å². The summed E-state index contributed by atoms with van der Waals surface area (Å²) in [5.74, 6) is 0. The lowest BCUT2D eigenvalue weighted by atomic mass is 10.2. The van der Waals surface area contributed by atoms with E-state index < -0.39 is 24.4 Å². The first-order valence-corrected chi connectivity index (χ1v) is 4.97. The normalized spacial score (nSPS) is 13.8. The number of aliphatic hydroxyl groups excluding tert-OH is 1. The Hall–Kier alpha value is -1.96. The van der Waals surface area contributed by atoms with Crippen LogP contribution >= 0.6 is 0 Å². The van der Waals surface area contributed by atoms with Gasteiger partial charge < -0.3 is 5.11 Å². The van der Waals surface area contributed by atoms with Crippen LogP contribution in [-0.4, -0.2) is 32.4 Å². The Balaban J connectivity index is 2.41. The lowest BCUT2D eigenvalue weighted by molar-refractivity contribution is -0.208. The molecule has 0 aliphatic rings. The van der Waals surface area contributed by atoms with Crippen molar-refractivity contribution in [2.45, 2.75) is 18.8 Å². The highest BCUT2D eigenvalue weighted by molar-refractivity contribution is 5.76. The van der Waals surface area contributed by atoms with Crippen LogP contribution in [0, 0.1) is 0 Å². The first-order chi connectivity index (χ1) is 8.39. The minimum absolute atomic E-state index is 0.155. The number of nitrogens with zero attached hydrogens (tertiary/aromatic N) is 3. The van der Waals surface area contributed by atoms with Gasteiger partial charge in [-0.2, -0.15) is 13.2 Å². The Labute approximate surface area is 98.5 Å². The molecule has 0 saturated heterocycles. The summed E-state index contributed by atoms with van der Waals surface area (Å²) in [6.45, 7) is -0.972. The highest BCUT2D eigenvalue weighted by atomic mass is 19.4. The quantitative estimate of drug-likeness (QED) is 0.862. The largest absolute Gasteiger partial charge is 0.416 e. The molecule has 1 N–H and O–H groups in total. The Morgan fingerprint density at radius 2 is 2.00 bits per heavy atom. The molecule has 5 nitrogen and oxygen atoms in total. The Morgan fingerprint density at radius 1 is 1.33 bits per heavy atom. The van der Waals surface area contributed by atoms with Gasteiger partial charge in [0.15, 0.2) is 6.10 Å². The topological polar surface area (TPSA) is 68.0 Å². The van der Waals surface area contributed by atoms with E-state index in [9.17, 15) is 18.0 Å². The van der Waals surface area contributed by atoms with Gasteiger partial charge in [0.2, 0.25) is 0 Å². The number of aliphatic hydroxyl groups is 1. The van der Waals surface area contributed by atoms with Gasteiger partial charge in [0, 0.05) is 0 Å². The summed E-state index contributed by atoms with van der Waals surface area (Å²) in [6.07, 6.45) is -7.45. The van der Waals surface area contributed by atoms with E-state index in [1.54, 1.807) is 12.1 Å². The number of fused-ring (bicyclic) bond motifs is 1. The van der Waals surface area contributed by atoms with Crippen LogP contribution in [0.2, 0.25) is 0 Å². The second-order valence-electron chi connectivity index (χ2n) is 3.65. The van der Waals surface area contributed by atoms with Crippen LogP contribution in [0.1, 0.15) is 0 Å². The van der Waals surface area contributed by atoms with Crippen molar-refractivity contribution < 1.29 is 18.3 Å². The zero-order valence-corrected chi connectivity index (χ0v) is 8.92. The summed E-state index contributed by atoms with van der Waals surface area (Å²) in [7, 11) is 0. The maximum absolute atomic E-state index is 12.2. The minimum Gasteiger partial charge on any atom is -0.382 e. The van der Waals surface area contributed by atoms with Crippen molar-refractivity contribution in [3.05, 3.63) is 34.6 Å². The van der Waals surface area contributed by atoms with Gasteiger partial charge in [-0.3, -0.25) is 4.79 Å². The molecule has 0 bridgehead atoms. The van der Waals surface area contributed by atoms with Crippen molar-refractivity contribution in [3.63, 3.8) is 0 Å². The fourth-order valence-electron chi connectivity index (χ4n) is 1.41. The number of hydrogen-bond donors (Lipinski definition) is 1. The van der Waals surface area contributed by atoms with Crippen molar-refractivity contribution in [2.75, 3.05) is 0 Å². The fraction of sp³-hybridized carbons (Fsp3) is 0.300. The predicted octanol–water partition coefficient (Wildman–Crippen LogP) is 0.715. The Morgan fingerprint density at radius 3 is 2.67 bits per heavy atom.